The fraction of sp³-hybridized carbons (Fsp3) is 0.478. The summed E-state index contributed by atoms with van der Waals surface area (Å²) in [5.74, 6) is 2.27. The maximum Gasteiger partial charge on any atom is 0.127 e. The molecule has 2 atom stereocenters. The molecule has 0 saturated carbocycles. The van der Waals surface area contributed by atoms with E-state index in [0.29, 0.717) is 12.4 Å². The molecule has 28 heavy (non-hydrogen) atoms. The van der Waals surface area contributed by atoms with Gasteiger partial charge < -0.3 is 24.6 Å². The molecule has 2 N–H and O–H groups in total. The van der Waals surface area contributed by atoms with Crippen molar-refractivity contribution >= 4 is 0 Å². The number of nitrogens with one attached hydrogen (secondary N) is 1. The van der Waals surface area contributed by atoms with Crippen molar-refractivity contribution in [2.75, 3.05) is 26.3 Å². The Morgan fingerprint density at radius 2 is 2.00 bits per heavy atom. The highest BCUT2D eigenvalue weighted by Crippen LogP contribution is 2.48. The molecule has 2 unspecified atom stereocenters. The number of hydrogen-bond acceptors (Lipinski definition) is 5. The van der Waals surface area contributed by atoms with E-state index >= 15 is 0 Å². The van der Waals surface area contributed by atoms with Crippen molar-refractivity contribution in [3.05, 3.63) is 53.6 Å². The quantitative estimate of drug-likeness (QED) is 0.851. The third-order valence-electron chi connectivity index (χ3n) is 6.24. The van der Waals surface area contributed by atoms with Gasteiger partial charge in [0.15, 0.2) is 0 Å². The molecule has 0 aliphatic carbocycles. The summed E-state index contributed by atoms with van der Waals surface area (Å²) in [4.78, 5) is 0. The van der Waals surface area contributed by atoms with E-state index < -0.39 is 0 Å². The fourth-order valence-corrected chi connectivity index (χ4v) is 4.75. The number of phenols is 1. The number of rotatable bonds is 3. The molecule has 3 aliphatic rings. The lowest BCUT2D eigenvalue weighted by Crippen LogP contribution is -2.49. The first-order valence-corrected chi connectivity index (χ1v) is 10.3. The highest BCUT2D eigenvalue weighted by molar-refractivity contribution is 5.49. The lowest BCUT2D eigenvalue weighted by molar-refractivity contribution is 0.0110. The maximum absolute atomic E-state index is 10.0. The van der Waals surface area contributed by atoms with Crippen molar-refractivity contribution < 1.29 is 19.3 Å². The zero-order valence-electron chi connectivity index (χ0n) is 16.0. The summed E-state index contributed by atoms with van der Waals surface area (Å²) in [7, 11) is 0. The Morgan fingerprint density at radius 3 is 2.79 bits per heavy atom. The molecule has 0 bridgehead atoms. The highest BCUT2D eigenvalue weighted by Gasteiger charge is 2.42. The summed E-state index contributed by atoms with van der Waals surface area (Å²) >= 11 is 0. The van der Waals surface area contributed by atoms with Crippen LogP contribution in [0.25, 0.3) is 0 Å². The Balaban J connectivity index is 1.51. The van der Waals surface area contributed by atoms with Crippen LogP contribution in [0.1, 0.15) is 42.7 Å². The topological polar surface area (TPSA) is 60.0 Å². The van der Waals surface area contributed by atoms with Crippen LogP contribution in [0, 0.1) is 0 Å². The zero-order valence-corrected chi connectivity index (χ0v) is 16.0. The van der Waals surface area contributed by atoms with Gasteiger partial charge in [0.2, 0.25) is 0 Å². The minimum absolute atomic E-state index is 0.122. The molecule has 0 aromatic heterocycles. The van der Waals surface area contributed by atoms with E-state index in [1.165, 1.54) is 5.56 Å². The largest absolute Gasteiger partial charge is 0.508 e. The van der Waals surface area contributed by atoms with Crippen LogP contribution in [0.5, 0.6) is 17.2 Å². The lowest BCUT2D eigenvalue weighted by atomic mass is 9.75. The first-order chi connectivity index (χ1) is 13.7. The molecule has 2 fully saturated rings. The number of fused-ring (bicyclic) bond motifs is 1. The Labute approximate surface area is 165 Å². The second kappa shape index (κ2) is 7.30. The molecule has 5 nitrogen and oxygen atoms in total. The molecule has 2 saturated heterocycles. The van der Waals surface area contributed by atoms with Gasteiger partial charge in [0.05, 0.1) is 13.2 Å². The third-order valence-corrected chi connectivity index (χ3v) is 6.24. The second-order valence-electron chi connectivity index (χ2n) is 8.19. The predicted octanol–water partition coefficient (Wildman–Crippen LogP) is 3.60. The van der Waals surface area contributed by atoms with Gasteiger partial charge in [-0.15, -0.1) is 0 Å². The molecule has 3 heterocycles. The standard InChI is InChI=1S/C23H27NO4/c25-17-3-1-2-16(12-17)21-14-23(7-9-24-10-8-23)28-22-13-18(4-5-20(21)22)27-19-6-11-26-15-19/h1-5,12-13,19,21,24-25H,6-11,14-15H2. The van der Waals surface area contributed by atoms with Gasteiger partial charge in [0, 0.05) is 24.0 Å². The molecule has 0 amide bonds. The van der Waals surface area contributed by atoms with Crippen LogP contribution in [0.2, 0.25) is 0 Å². The molecule has 148 valence electrons. The zero-order chi connectivity index (χ0) is 19.0. The molecule has 0 radical (unpaired) electrons. The number of piperidine rings is 1. The second-order valence-corrected chi connectivity index (χ2v) is 8.19. The van der Waals surface area contributed by atoms with Crippen molar-refractivity contribution in [3.63, 3.8) is 0 Å². The number of benzene rings is 2. The van der Waals surface area contributed by atoms with Crippen molar-refractivity contribution in [2.24, 2.45) is 0 Å². The van der Waals surface area contributed by atoms with E-state index in [9.17, 15) is 5.11 Å². The van der Waals surface area contributed by atoms with E-state index in [0.717, 1.165) is 62.4 Å². The normalized spacial score (nSPS) is 25.9. The third kappa shape index (κ3) is 3.45. The van der Waals surface area contributed by atoms with Gasteiger partial charge in [-0.3, -0.25) is 0 Å². The van der Waals surface area contributed by atoms with Gasteiger partial charge in [-0.2, -0.15) is 0 Å². The molecule has 5 rings (SSSR count). The minimum atomic E-state index is -0.163. The van der Waals surface area contributed by atoms with Gasteiger partial charge in [-0.05, 0) is 56.1 Å². The van der Waals surface area contributed by atoms with Crippen LogP contribution in [0.15, 0.2) is 42.5 Å². The summed E-state index contributed by atoms with van der Waals surface area (Å²) in [5.41, 5.74) is 2.15. The average Bonchev–Trinajstić information content (AvgIpc) is 3.21. The summed E-state index contributed by atoms with van der Waals surface area (Å²) in [6, 6.07) is 13.9. The van der Waals surface area contributed by atoms with E-state index in [1.807, 2.05) is 24.3 Å². The SMILES string of the molecule is Oc1cccc(C2CC3(CCNCC3)Oc3cc(OC4CCOC4)ccc32)c1. The number of aromatic hydroxyl groups is 1. The fourth-order valence-electron chi connectivity index (χ4n) is 4.75. The van der Waals surface area contributed by atoms with E-state index in [2.05, 4.69) is 17.4 Å². The van der Waals surface area contributed by atoms with E-state index in [1.54, 1.807) is 6.07 Å². The smallest absolute Gasteiger partial charge is 0.127 e. The van der Waals surface area contributed by atoms with Crippen molar-refractivity contribution in [2.45, 2.75) is 43.3 Å². The number of phenolic OH excluding ortho intramolecular Hbond substituents is 1. The Morgan fingerprint density at radius 1 is 1.11 bits per heavy atom. The summed E-state index contributed by atoms with van der Waals surface area (Å²) < 4.78 is 18.2. The predicted molar refractivity (Wildman–Crippen MR) is 106 cm³/mol. The van der Waals surface area contributed by atoms with Gasteiger partial charge >= 0.3 is 0 Å². The highest BCUT2D eigenvalue weighted by atomic mass is 16.5. The van der Waals surface area contributed by atoms with Crippen molar-refractivity contribution in [1.82, 2.24) is 5.32 Å². The molecular weight excluding hydrogens is 354 g/mol. The monoisotopic (exact) mass is 381 g/mol. The summed E-state index contributed by atoms with van der Waals surface area (Å²) in [5, 5.41) is 13.5. The Bertz CT molecular complexity index is 840. The molecule has 2 aromatic rings. The molecule has 5 heteroatoms. The molecule has 1 spiro atoms. The minimum Gasteiger partial charge on any atom is -0.508 e. The van der Waals surface area contributed by atoms with E-state index in [4.69, 9.17) is 14.2 Å². The van der Waals surface area contributed by atoms with Gasteiger partial charge in [0.25, 0.3) is 0 Å². The Hall–Kier alpha value is -2.24. The van der Waals surface area contributed by atoms with Crippen LogP contribution >= 0.6 is 0 Å². The number of ether oxygens (including phenoxy) is 3. The van der Waals surface area contributed by atoms with Gasteiger partial charge in [-0.1, -0.05) is 18.2 Å². The first kappa shape index (κ1) is 17.8. The first-order valence-electron chi connectivity index (χ1n) is 10.3. The molecule has 2 aromatic carbocycles. The average molecular weight is 381 g/mol. The van der Waals surface area contributed by atoms with Crippen LogP contribution in [-0.4, -0.2) is 43.1 Å². The molecular formula is C23H27NO4. The van der Waals surface area contributed by atoms with Crippen LogP contribution in [0.4, 0.5) is 0 Å². The molecule has 3 aliphatic heterocycles. The summed E-state index contributed by atoms with van der Waals surface area (Å²) in [6.45, 7) is 3.36. The van der Waals surface area contributed by atoms with Crippen LogP contribution in [-0.2, 0) is 4.74 Å². The van der Waals surface area contributed by atoms with E-state index in [-0.39, 0.29) is 17.6 Å². The van der Waals surface area contributed by atoms with Gasteiger partial charge in [0.1, 0.15) is 29.0 Å². The lowest BCUT2D eigenvalue weighted by Gasteiger charge is -2.45. The van der Waals surface area contributed by atoms with Crippen molar-refractivity contribution in [1.29, 1.82) is 0 Å². The van der Waals surface area contributed by atoms with Crippen LogP contribution < -0.4 is 14.8 Å². The summed E-state index contributed by atoms with van der Waals surface area (Å²) in [6.07, 6.45) is 3.96. The maximum atomic E-state index is 10.0. The van der Waals surface area contributed by atoms with Crippen LogP contribution in [0.3, 0.4) is 0 Å². The number of hydrogen-bond donors (Lipinski definition) is 2. The van der Waals surface area contributed by atoms with Gasteiger partial charge in [-0.25, -0.2) is 0 Å². The van der Waals surface area contributed by atoms with Crippen molar-refractivity contribution in [3.8, 4) is 17.2 Å². The Kier molecular flexibility index (Phi) is 4.65.